The molecule has 0 fully saturated rings. The Morgan fingerprint density at radius 2 is 1.60 bits per heavy atom. The Morgan fingerprint density at radius 1 is 0.950 bits per heavy atom. The first-order valence-electron chi connectivity index (χ1n) is 8.53. The molecule has 0 aliphatic rings. The van der Waals surface area contributed by atoms with Crippen molar-refractivity contribution in [2.45, 2.75) is 78.3 Å². The molecule has 0 aliphatic heterocycles. The van der Waals surface area contributed by atoms with Crippen molar-refractivity contribution in [2.24, 2.45) is 5.92 Å². The van der Waals surface area contributed by atoms with Gasteiger partial charge in [-0.3, -0.25) is 0 Å². The number of unbranched alkanes of at least 4 members (excludes halogenated alkanes) is 2. The summed E-state index contributed by atoms with van der Waals surface area (Å²) < 4.78 is 0. The highest BCUT2D eigenvalue weighted by atomic mass is 14.9. The van der Waals surface area contributed by atoms with Crippen molar-refractivity contribution in [1.82, 2.24) is 5.32 Å². The Bertz CT molecular complexity index is 329. The fourth-order valence-corrected chi connectivity index (χ4v) is 3.02. The zero-order valence-electron chi connectivity index (χ0n) is 13.9. The molecule has 2 unspecified atom stereocenters. The van der Waals surface area contributed by atoms with Crippen molar-refractivity contribution < 1.29 is 0 Å². The van der Waals surface area contributed by atoms with Gasteiger partial charge in [-0.1, -0.05) is 83.2 Å². The van der Waals surface area contributed by atoms with Crippen LogP contribution in [0.1, 0.15) is 77.8 Å². The van der Waals surface area contributed by atoms with Crippen LogP contribution in [-0.4, -0.2) is 6.04 Å². The molecule has 1 heteroatoms. The molecule has 0 aromatic heterocycles. The van der Waals surface area contributed by atoms with E-state index in [1.165, 1.54) is 44.1 Å². The first kappa shape index (κ1) is 17.2. The second-order valence-corrected chi connectivity index (χ2v) is 6.03. The number of nitrogens with one attached hydrogen (secondary N) is 1. The molecule has 2 atom stereocenters. The van der Waals surface area contributed by atoms with Gasteiger partial charge in [-0.25, -0.2) is 0 Å². The summed E-state index contributed by atoms with van der Waals surface area (Å²) >= 11 is 0. The first-order chi connectivity index (χ1) is 9.72. The third kappa shape index (κ3) is 5.66. The van der Waals surface area contributed by atoms with E-state index < -0.39 is 0 Å². The van der Waals surface area contributed by atoms with Crippen LogP contribution in [0.4, 0.5) is 0 Å². The van der Waals surface area contributed by atoms with Crippen LogP contribution < -0.4 is 5.32 Å². The van der Waals surface area contributed by atoms with Crippen molar-refractivity contribution >= 4 is 0 Å². The van der Waals surface area contributed by atoms with Crippen LogP contribution in [0.25, 0.3) is 0 Å². The van der Waals surface area contributed by atoms with Crippen LogP contribution >= 0.6 is 0 Å². The Balaban J connectivity index is 2.68. The van der Waals surface area contributed by atoms with Crippen LogP contribution in [0, 0.1) is 5.92 Å². The molecule has 0 saturated carbocycles. The van der Waals surface area contributed by atoms with Gasteiger partial charge in [-0.15, -0.1) is 0 Å². The molecule has 0 aliphatic carbocycles. The Kier molecular flexibility index (Phi) is 8.60. The minimum Gasteiger partial charge on any atom is -0.307 e. The van der Waals surface area contributed by atoms with Gasteiger partial charge in [-0.2, -0.15) is 0 Å². The van der Waals surface area contributed by atoms with E-state index >= 15 is 0 Å². The average Bonchev–Trinajstić information content (AvgIpc) is 2.48. The second-order valence-electron chi connectivity index (χ2n) is 6.03. The molecule has 1 nitrogen and oxygen atoms in total. The molecule has 1 aromatic rings. The largest absolute Gasteiger partial charge is 0.307 e. The monoisotopic (exact) mass is 275 g/mol. The predicted molar refractivity (Wildman–Crippen MR) is 90.0 cm³/mol. The summed E-state index contributed by atoms with van der Waals surface area (Å²) in [6.45, 7) is 9.24. The zero-order valence-corrected chi connectivity index (χ0v) is 13.9. The standard InChI is InChI=1S/C19H33N/c1-5-8-10-13-16(4)20-19(17(6-2)7-3)18-14-11-9-12-15-18/h9,11-12,14-17,19-20H,5-8,10,13H2,1-4H3. The molecule has 114 valence electrons. The van der Waals surface area contributed by atoms with Gasteiger partial charge in [0.1, 0.15) is 0 Å². The maximum Gasteiger partial charge on any atom is 0.0350 e. The summed E-state index contributed by atoms with van der Waals surface area (Å²) in [5.41, 5.74) is 1.45. The van der Waals surface area contributed by atoms with E-state index in [-0.39, 0.29) is 0 Å². The third-order valence-electron chi connectivity index (χ3n) is 4.38. The number of benzene rings is 1. The van der Waals surface area contributed by atoms with Gasteiger partial charge in [0.25, 0.3) is 0 Å². The van der Waals surface area contributed by atoms with Crippen LogP contribution in [0.3, 0.4) is 0 Å². The number of hydrogen-bond donors (Lipinski definition) is 1. The summed E-state index contributed by atoms with van der Waals surface area (Å²) in [5.74, 6) is 0.728. The normalized spacial score (nSPS) is 14.4. The summed E-state index contributed by atoms with van der Waals surface area (Å²) in [6, 6.07) is 12.1. The maximum atomic E-state index is 3.89. The fourth-order valence-electron chi connectivity index (χ4n) is 3.02. The molecular formula is C19H33N. The molecule has 0 spiro atoms. The van der Waals surface area contributed by atoms with E-state index in [9.17, 15) is 0 Å². The molecule has 0 saturated heterocycles. The highest BCUT2D eigenvalue weighted by Crippen LogP contribution is 2.28. The first-order valence-corrected chi connectivity index (χ1v) is 8.53. The molecule has 20 heavy (non-hydrogen) atoms. The molecule has 1 aromatic carbocycles. The van der Waals surface area contributed by atoms with E-state index in [0.717, 1.165) is 5.92 Å². The van der Waals surface area contributed by atoms with E-state index in [4.69, 9.17) is 0 Å². The van der Waals surface area contributed by atoms with E-state index in [1.54, 1.807) is 0 Å². The topological polar surface area (TPSA) is 12.0 Å². The highest BCUT2D eigenvalue weighted by molar-refractivity contribution is 5.19. The number of rotatable bonds is 10. The van der Waals surface area contributed by atoms with Gasteiger partial charge in [0.2, 0.25) is 0 Å². The van der Waals surface area contributed by atoms with E-state index in [2.05, 4.69) is 63.3 Å². The minimum absolute atomic E-state index is 0.503. The van der Waals surface area contributed by atoms with Gasteiger partial charge >= 0.3 is 0 Å². The molecule has 0 heterocycles. The Labute approximate surface area is 126 Å². The van der Waals surface area contributed by atoms with Gasteiger partial charge in [0.05, 0.1) is 0 Å². The van der Waals surface area contributed by atoms with E-state index in [0.29, 0.717) is 12.1 Å². The maximum absolute atomic E-state index is 3.89. The van der Waals surface area contributed by atoms with Crippen molar-refractivity contribution in [3.05, 3.63) is 35.9 Å². The van der Waals surface area contributed by atoms with Crippen molar-refractivity contribution in [3.63, 3.8) is 0 Å². The minimum atomic E-state index is 0.503. The summed E-state index contributed by atoms with van der Waals surface area (Å²) in [5, 5.41) is 3.89. The van der Waals surface area contributed by atoms with Crippen molar-refractivity contribution in [3.8, 4) is 0 Å². The van der Waals surface area contributed by atoms with Crippen molar-refractivity contribution in [1.29, 1.82) is 0 Å². The van der Waals surface area contributed by atoms with Crippen LogP contribution in [0.5, 0.6) is 0 Å². The lowest BCUT2D eigenvalue weighted by Gasteiger charge is -2.30. The molecule has 0 radical (unpaired) electrons. The van der Waals surface area contributed by atoms with Gasteiger partial charge in [0.15, 0.2) is 0 Å². The van der Waals surface area contributed by atoms with Gasteiger partial charge in [0, 0.05) is 12.1 Å². The van der Waals surface area contributed by atoms with Crippen LogP contribution in [0.15, 0.2) is 30.3 Å². The van der Waals surface area contributed by atoms with Gasteiger partial charge in [-0.05, 0) is 24.8 Å². The van der Waals surface area contributed by atoms with Crippen molar-refractivity contribution in [2.75, 3.05) is 0 Å². The molecular weight excluding hydrogens is 242 g/mol. The second kappa shape index (κ2) is 9.99. The SMILES string of the molecule is CCCCCC(C)NC(c1ccccc1)C(CC)CC. The zero-order chi connectivity index (χ0) is 14.8. The van der Waals surface area contributed by atoms with Crippen LogP contribution in [0.2, 0.25) is 0 Å². The summed E-state index contributed by atoms with van der Waals surface area (Å²) in [6.07, 6.45) is 7.77. The van der Waals surface area contributed by atoms with Crippen LogP contribution in [-0.2, 0) is 0 Å². The Morgan fingerprint density at radius 3 is 2.15 bits per heavy atom. The lowest BCUT2D eigenvalue weighted by atomic mass is 9.88. The highest BCUT2D eigenvalue weighted by Gasteiger charge is 2.21. The molecule has 1 rings (SSSR count). The smallest absolute Gasteiger partial charge is 0.0350 e. The molecule has 0 amide bonds. The lowest BCUT2D eigenvalue weighted by molar-refractivity contribution is 0.305. The Hall–Kier alpha value is -0.820. The third-order valence-corrected chi connectivity index (χ3v) is 4.38. The predicted octanol–water partition coefficient (Wildman–Crippen LogP) is 5.72. The van der Waals surface area contributed by atoms with Gasteiger partial charge < -0.3 is 5.32 Å². The summed E-state index contributed by atoms with van der Waals surface area (Å²) in [7, 11) is 0. The average molecular weight is 275 g/mol. The molecule has 0 bridgehead atoms. The fraction of sp³-hybridized carbons (Fsp3) is 0.684. The number of hydrogen-bond acceptors (Lipinski definition) is 1. The lowest BCUT2D eigenvalue weighted by Crippen LogP contribution is -2.34. The quantitative estimate of drug-likeness (QED) is 0.538. The van der Waals surface area contributed by atoms with E-state index in [1.807, 2.05) is 0 Å². The molecule has 1 N–H and O–H groups in total. The summed E-state index contributed by atoms with van der Waals surface area (Å²) in [4.78, 5) is 0.